The maximum atomic E-state index is 14.1. The zero-order valence-electron chi connectivity index (χ0n) is 19.0. The van der Waals surface area contributed by atoms with Crippen LogP contribution in [0.1, 0.15) is 27.0 Å². The third-order valence-electron chi connectivity index (χ3n) is 5.50. The summed E-state index contributed by atoms with van der Waals surface area (Å²) in [6.45, 7) is 0.469. The molecule has 0 saturated heterocycles. The summed E-state index contributed by atoms with van der Waals surface area (Å²) in [5, 5.41) is 0. The van der Waals surface area contributed by atoms with E-state index >= 15 is 0 Å². The fourth-order valence-corrected chi connectivity index (χ4v) is 3.56. The molecular formula is C27H18F6N2O2. The second-order valence-electron chi connectivity index (χ2n) is 7.99. The summed E-state index contributed by atoms with van der Waals surface area (Å²) in [6.07, 6.45) is 9.03. The monoisotopic (exact) mass is 516 g/mol. The lowest BCUT2D eigenvalue weighted by Crippen LogP contribution is -2.16. The summed E-state index contributed by atoms with van der Waals surface area (Å²) in [5.74, 6) is -14.7. The van der Waals surface area contributed by atoms with Crippen molar-refractivity contribution in [2.75, 3.05) is 0 Å². The van der Waals surface area contributed by atoms with E-state index in [1.54, 1.807) is 59.7 Å². The van der Waals surface area contributed by atoms with E-state index in [1.807, 2.05) is 0 Å². The molecule has 0 aliphatic carbocycles. The van der Waals surface area contributed by atoms with E-state index in [0.29, 0.717) is 24.1 Å². The van der Waals surface area contributed by atoms with Gasteiger partial charge in [-0.25, -0.2) is 27.3 Å². The van der Waals surface area contributed by atoms with Gasteiger partial charge in [-0.3, -0.25) is 0 Å². The Hall–Kier alpha value is -4.34. The second kappa shape index (κ2) is 11.2. The minimum atomic E-state index is -2.36. The van der Waals surface area contributed by atoms with E-state index in [0.717, 1.165) is 5.56 Å². The summed E-state index contributed by atoms with van der Waals surface area (Å²) in [4.78, 5) is 16.9. The summed E-state index contributed by atoms with van der Waals surface area (Å²) < 4.78 is 88.5. The van der Waals surface area contributed by atoms with E-state index in [4.69, 9.17) is 0 Å². The first-order valence-corrected chi connectivity index (χ1v) is 11.0. The molecule has 4 aromatic rings. The Labute approximate surface area is 207 Å². The second-order valence-corrected chi connectivity index (χ2v) is 7.99. The van der Waals surface area contributed by atoms with Gasteiger partial charge in [0.1, 0.15) is 5.82 Å². The standard InChI is InChI=1S/C27H18F6N2O2/c28-19-9-5-16(6-10-19)3-7-18-8-4-17(2-1-12-35-13-11-34-15-35)14-20(18)27(36)37-26-24(32)22(30)21(29)23(31)25(26)33/h1-2,4-6,8-11,13-15H,3,7,12H2/b2-1+. The van der Waals surface area contributed by atoms with Gasteiger partial charge < -0.3 is 9.30 Å². The van der Waals surface area contributed by atoms with Crippen molar-refractivity contribution in [2.45, 2.75) is 19.4 Å². The Bertz CT molecular complexity index is 1420. The molecule has 1 aromatic heterocycles. The number of rotatable bonds is 8. The fourth-order valence-electron chi connectivity index (χ4n) is 3.56. The van der Waals surface area contributed by atoms with Gasteiger partial charge in [0.15, 0.2) is 0 Å². The number of ether oxygens (including phenoxy) is 1. The van der Waals surface area contributed by atoms with Gasteiger partial charge in [0.2, 0.25) is 34.8 Å². The Balaban J connectivity index is 1.64. The number of carbonyl (C=O) groups is 1. The lowest BCUT2D eigenvalue weighted by Gasteiger charge is -2.13. The highest BCUT2D eigenvalue weighted by molar-refractivity contribution is 5.93. The topological polar surface area (TPSA) is 44.1 Å². The number of allylic oxidation sites excluding steroid dienone is 1. The Morgan fingerprint density at radius 1 is 0.865 bits per heavy atom. The number of nitrogens with zero attached hydrogens (tertiary/aromatic N) is 2. The SMILES string of the molecule is O=C(Oc1c(F)c(F)c(F)c(F)c1F)c1cc(/C=C/Cn2ccnc2)ccc1CCc1ccc(F)cc1. The number of halogens is 6. The van der Waals surface area contributed by atoms with Crippen molar-refractivity contribution >= 4 is 12.0 Å². The predicted molar refractivity (Wildman–Crippen MR) is 123 cm³/mol. The molecule has 3 aromatic carbocycles. The predicted octanol–water partition coefficient (Wildman–Crippen LogP) is 6.44. The molecule has 0 fully saturated rings. The molecule has 0 bridgehead atoms. The van der Waals surface area contributed by atoms with Crippen LogP contribution in [0, 0.1) is 34.9 Å². The van der Waals surface area contributed by atoms with E-state index in [2.05, 4.69) is 9.72 Å². The Kier molecular flexibility index (Phi) is 7.76. The molecule has 4 rings (SSSR count). The minimum Gasteiger partial charge on any atom is -0.416 e. The van der Waals surface area contributed by atoms with Crippen LogP contribution in [0.15, 0.2) is 67.3 Å². The van der Waals surface area contributed by atoms with Gasteiger partial charge in [-0.15, -0.1) is 0 Å². The van der Waals surface area contributed by atoms with Crippen LogP contribution in [-0.4, -0.2) is 15.5 Å². The zero-order valence-corrected chi connectivity index (χ0v) is 19.0. The first-order chi connectivity index (χ1) is 17.7. The zero-order chi connectivity index (χ0) is 26.5. The first-order valence-electron chi connectivity index (χ1n) is 11.0. The molecule has 0 amide bonds. The Morgan fingerprint density at radius 3 is 2.19 bits per heavy atom. The number of benzene rings is 3. The van der Waals surface area contributed by atoms with Gasteiger partial charge in [0.05, 0.1) is 11.9 Å². The van der Waals surface area contributed by atoms with E-state index in [9.17, 15) is 31.1 Å². The van der Waals surface area contributed by atoms with Crippen LogP contribution in [0.2, 0.25) is 0 Å². The largest absolute Gasteiger partial charge is 0.416 e. The van der Waals surface area contributed by atoms with Gasteiger partial charge in [0, 0.05) is 18.9 Å². The highest BCUT2D eigenvalue weighted by Crippen LogP contribution is 2.30. The normalized spacial score (nSPS) is 11.3. The maximum Gasteiger partial charge on any atom is 0.344 e. The average molecular weight is 516 g/mol. The maximum absolute atomic E-state index is 14.1. The summed E-state index contributed by atoms with van der Waals surface area (Å²) in [5.41, 5.74) is 1.54. The van der Waals surface area contributed by atoms with E-state index in [1.165, 1.54) is 18.2 Å². The quantitative estimate of drug-likeness (QED) is 0.0891. The molecule has 0 unspecified atom stereocenters. The van der Waals surface area contributed by atoms with Crippen molar-refractivity contribution in [1.82, 2.24) is 9.55 Å². The van der Waals surface area contributed by atoms with Crippen LogP contribution in [0.25, 0.3) is 6.08 Å². The van der Waals surface area contributed by atoms with E-state index in [-0.39, 0.29) is 12.0 Å². The third-order valence-corrected chi connectivity index (χ3v) is 5.50. The molecule has 0 aliphatic rings. The lowest BCUT2D eigenvalue weighted by atomic mass is 9.97. The molecule has 0 N–H and O–H groups in total. The first kappa shape index (κ1) is 25.7. The van der Waals surface area contributed by atoms with Crippen LogP contribution in [0.5, 0.6) is 5.75 Å². The molecule has 37 heavy (non-hydrogen) atoms. The number of hydrogen-bond acceptors (Lipinski definition) is 3. The van der Waals surface area contributed by atoms with Crippen LogP contribution in [0.3, 0.4) is 0 Å². The summed E-state index contributed by atoms with van der Waals surface area (Å²) in [7, 11) is 0. The van der Waals surface area contributed by atoms with Gasteiger partial charge in [-0.2, -0.15) is 8.78 Å². The van der Waals surface area contributed by atoms with Gasteiger partial charge in [0.25, 0.3) is 0 Å². The third kappa shape index (κ3) is 5.91. The summed E-state index contributed by atoms with van der Waals surface area (Å²) in [6, 6.07) is 10.4. The molecule has 190 valence electrons. The molecule has 1 heterocycles. The van der Waals surface area contributed by atoms with Crippen LogP contribution >= 0.6 is 0 Å². The van der Waals surface area contributed by atoms with Crippen molar-refractivity contribution < 1.29 is 35.9 Å². The molecule has 0 radical (unpaired) electrons. The average Bonchev–Trinajstić information content (AvgIpc) is 3.42. The summed E-state index contributed by atoms with van der Waals surface area (Å²) >= 11 is 0. The highest BCUT2D eigenvalue weighted by Gasteiger charge is 2.29. The molecule has 0 spiro atoms. The molecule has 0 atom stereocenters. The minimum absolute atomic E-state index is 0.129. The molecule has 4 nitrogen and oxygen atoms in total. The number of hydrogen-bond donors (Lipinski definition) is 0. The van der Waals surface area contributed by atoms with E-state index < -0.39 is 46.6 Å². The van der Waals surface area contributed by atoms with Gasteiger partial charge >= 0.3 is 5.97 Å². The van der Waals surface area contributed by atoms with Crippen molar-refractivity contribution in [3.63, 3.8) is 0 Å². The van der Waals surface area contributed by atoms with Crippen molar-refractivity contribution in [2.24, 2.45) is 0 Å². The lowest BCUT2D eigenvalue weighted by molar-refractivity contribution is 0.0714. The molecule has 10 heteroatoms. The van der Waals surface area contributed by atoms with Crippen LogP contribution in [-0.2, 0) is 19.4 Å². The smallest absolute Gasteiger partial charge is 0.344 e. The fraction of sp³-hybridized carbons (Fsp3) is 0.111. The molecule has 0 saturated carbocycles. The number of imidazole rings is 1. The molecule has 0 aliphatic heterocycles. The van der Waals surface area contributed by atoms with Crippen LogP contribution < -0.4 is 4.74 Å². The molecular weight excluding hydrogens is 498 g/mol. The number of aromatic nitrogens is 2. The number of aryl methyl sites for hydroxylation is 2. The van der Waals surface area contributed by atoms with Crippen LogP contribution in [0.4, 0.5) is 26.3 Å². The van der Waals surface area contributed by atoms with Crippen molar-refractivity contribution in [1.29, 1.82) is 0 Å². The number of esters is 1. The highest BCUT2D eigenvalue weighted by atomic mass is 19.2. The van der Waals surface area contributed by atoms with Crippen molar-refractivity contribution in [3.8, 4) is 5.75 Å². The number of carbonyl (C=O) groups excluding carboxylic acids is 1. The van der Waals surface area contributed by atoms with Gasteiger partial charge in [-0.05, 0) is 47.7 Å². The van der Waals surface area contributed by atoms with Crippen molar-refractivity contribution in [3.05, 3.63) is 124 Å². The Morgan fingerprint density at radius 2 is 1.54 bits per heavy atom. The van der Waals surface area contributed by atoms with Gasteiger partial charge in [-0.1, -0.05) is 36.4 Å².